The minimum absolute atomic E-state index is 0.0906. The second-order valence-electron chi connectivity index (χ2n) is 9.65. The number of hydrogen-bond donors (Lipinski definition) is 1. The number of sulfonamides is 1. The number of hydrogen-bond acceptors (Lipinski definition) is 4. The van der Waals surface area contributed by atoms with Crippen LogP contribution in [0.5, 0.6) is 0 Å². The van der Waals surface area contributed by atoms with E-state index in [1.165, 1.54) is 18.3 Å². The fraction of sp³-hybridized carbons (Fsp3) is 0.200. The van der Waals surface area contributed by atoms with Crippen LogP contribution in [-0.4, -0.2) is 31.7 Å². The molecule has 4 aromatic rings. The molecule has 0 aliphatic rings. The Bertz CT molecular complexity index is 1630. The lowest BCUT2D eigenvalue weighted by Crippen LogP contribution is -2.39. The fourth-order valence-electron chi connectivity index (χ4n) is 4.38. The van der Waals surface area contributed by atoms with Crippen molar-refractivity contribution in [3.8, 4) is 5.69 Å². The van der Waals surface area contributed by atoms with Crippen LogP contribution in [0.4, 0.5) is 5.69 Å². The van der Waals surface area contributed by atoms with E-state index in [1.54, 1.807) is 36.4 Å². The predicted octanol–water partition coefficient (Wildman–Crippen LogP) is 6.87. The number of aryl methyl sites for hydroxylation is 1. The Hall–Kier alpha value is -3.59. The number of benzene rings is 3. The molecule has 0 fully saturated rings. The molecular formula is C30H30Cl2N4O3S. The highest BCUT2D eigenvalue weighted by Gasteiger charge is 2.27. The summed E-state index contributed by atoms with van der Waals surface area (Å²) in [5.74, 6) is -0.303. The standard InChI is InChI=1S/C30H30Cl2N4O3S/c1-20(2)23-10-12-27(13-11-23)35(40(38,39)29-8-6-5-7-9-29)19-30(37)34-33-18-24-14-21(3)36(22(24)4)28-16-25(31)15-26(32)17-28/h5-18,20H,19H2,1-4H3,(H,34,37)/b33-18+. The van der Waals surface area contributed by atoms with E-state index in [0.29, 0.717) is 15.7 Å². The van der Waals surface area contributed by atoms with E-state index in [9.17, 15) is 13.2 Å². The van der Waals surface area contributed by atoms with Gasteiger partial charge < -0.3 is 4.57 Å². The largest absolute Gasteiger partial charge is 0.318 e. The summed E-state index contributed by atoms with van der Waals surface area (Å²) in [6.07, 6.45) is 1.52. The lowest BCUT2D eigenvalue weighted by molar-refractivity contribution is -0.119. The zero-order valence-corrected chi connectivity index (χ0v) is 24.9. The summed E-state index contributed by atoms with van der Waals surface area (Å²) in [4.78, 5) is 13.0. The number of nitrogens with zero attached hydrogens (tertiary/aromatic N) is 3. The Morgan fingerprint density at radius 2 is 1.60 bits per heavy atom. The number of anilines is 1. The number of aromatic nitrogens is 1. The molecule has 0 aliphatic carbocycles. The van der Waals surface area contributed by atoms with Gasteiger partial charge in [0.05, 0.1) is 16.8 Å². The highest BCUT2D eigenvalue weighted by Crippen LogP contribution is 2.27. The number of carbonyl (C=O) groups is 1. The number of carbonyl (C=O) groups excluding carboxylic acids is 1. The van der Waals surface area contributed by atoms with Crippen molar-refractivity contribution in [1.82, 2.24) is 9.99 Å². The van der Waals surface area contributed by atoms with Gasteiger partial charge in [0.25, 0.3) is 15.9 Å². The van der Waals surface area contributed by atoms with Gasteiger partial charge in [-0.2, -0.15) is 5.10 Å². The van der Waals surface area contributed by atoms with Crippen molar-refractivity contribution in [3.05, 3.63) is 111 Å². The lowest BCUT2D eigenvalue weighted by Gasteiger charge is -2.24. The van der Waals surface area contributed by atoms with Gasteiger partial charge in [0.15, 0.2) is 0 Å². The van der Waals surface area contributed by atoms with E-state index < -0.39 is 22.5 Å². The highest BCUT2D eigenvalue weighted by atomic mass is 35.5. The van der Waals surface area contributed by atoms with E-state index in [-0.39, 0.29) is 10.8 Å². The maximum atomic E-state index is 13.5. The summed E-state index contributed by atoms with van der Waals surface area (Å²) in [5, 5.41) is 5.15. The quantitative estimate of drug-likeness (QED) is 0.169. The predicted molar refractivity (Wildman–Crippen MR) is 163 cm³/mol. The summed E-state index contributed by atoms with van der Waals surface area (Å²) < 4.78 is 30.1. The molecule has 1 heterocycles. The molecule has 40 heavy (non-hydrogen) atoms. The third-order valence-electron chi connectivity index (χ3n) is 6.43. The molecule has 0 spiro atoms. The maximum Gasteiger partial charge on any atom is 0.264 e. The van der Waals surface area contributed by atoms with Crippen LogP contribution in [0.3, 0.4) is 0 Å². The molecular weight excluding hydrogens is 567 g/mol. The summed E-state index contributed by atoms with van der Waals surface area (Å²) in [6, 6.07) is 22.4. The molecule has 208 valence electrons. The first-order chi connectivity index (χ1) is 19.0. The molecule has 0 radical (unpaired) electrons. The van der Waals surface area contributed by atoms with Gasteiger partial charge in [-0.05, 0) is 73.9 Å². The van der Waals surface area contributed by atoms with Gasteiger partial charge in [0.1, 0.15) is 6.54 Å². The summed E-state index contributed by atoms with van der Waals surface area (Å²) in [5.41, 5.74) is 7.29. The second-order valence-corrected chi connectivity index (χ2v) is 12.4. The van der Waals surface area contributed by atoms with Crippen LogP contribution in [0.1, 0.15) is 42.3 Å². The zero-order chi connectivity index (χ0) is 29.0. The minimum atomic E-state index is -4.01. The maximum absolute atomic E-state index is 13.5. The van der Waals surface area contributed by atoms with Crippen LogP contribution in [-0.2, 0) is 14.8 Å². The number of nitrogens with one attached hydrogen (secondary N) is 1. The third kappa shape index (κ3) is 6.58. The Morgan fingerprint density at radius 3 is 2.20 bits per heavy atom. The van der Waals surface area contributed by atoms with Crippen molar-refractivity contribution in [1.29, 1.82) is 0 Å². The SMILES string of the molecule is Cc1cc(/C=N/NC(=O)CN(c2ccc(C(C)C)cc2)S(=O)(=O)c2ccccc2)c(C)n1-c1cc(Cl)cc(Cl)c1. The second kappa shape index (κ2) is 12.3. The summed E-state index contributed by atoms with van der Waals surface area (Å²) in [7, 11) is -4.01. The van der Waals surface area contributed by atoms with Crippen LogP contribution < -0.4 is 9.73 Å². The van der Waals surface area contributed by atoms with E-state index >= 15 is 0 Å². The highest BCUT2D eigenvalue weighted by molar-refractivity contribution is 7.92. The van der Waals surface area contributed by atoms with Crippen LogP contribution >= 0.6 is 23.2 Å². The van der Waals surface area contributed by atoms with Crippen molar-refractivity contribution in [2.45, 2.75) is 38.5 Å². The van der Waals surface area contributed by atoms with Gasteiger partial charge in [0, 0.05) is 32.7 Å². The van der Waals surface area contributed by atoms with Gasteiger partial charge in [-0.15, -0.1) is 0 Å². The van der Waals surface area contributed by atoms with Gasteiger partial charge in [-0.1, -0.05) is 67.4 Å². The van der Waals surface area contributed by atoms with E-state index in [1.807, 2.05) is 48.7 Å². The van der Waals surface area contributed by atoms with E-state index in [2.05, 4.69) is 24.4 Å². The normalized spacial score (nSPS) is 11.8. The molecule has 0 unspecified atom stereocenters. The molecule has 1 aromatic heterocycles. The molecule has 0 saturated carbocycles. The average Bonchev–Trinajstić information content (AvgIpc) is 3.19. The lowest BCUT2D eigenvalue weighted by atomic mass is 10.0. The number of halogens is 2. The average molecular weight is 598 g/mol. The first-order valence-electron chi connectivity index (χ1n) is 12.6. The fourth-order valence-corrected chi connectivity index (χ4v) is 6.34. The molecule has 4 rings (SSSR count). The van der Waals surface area contributed by atoms with E-state index in [4.69, 9.17) is 23.2 Å². The Balaban J connectivity index is 1.56. The topological polar surface area (TPSA) is 83.8 Å². The molecule has 7 nitrogen and oxygen atoms in total. The first-order valence-corrected chi connectivity index (χ1v) is 14.8. The van der Waals surface area contributed by atoms with Gasteiger partial charge in [-0.25, -0.2) is 13.8 Å². The van der Waals surface area contributed by atoms with Crippen LogP contribution in [0, 0.1) is 13.8 Å². The minimum Gasteiger partial charge on any atom is -0.318 e. The third-order valence-corrected chi connectivity index (χ3v) is 8.66. The zero-order valence-electron chi connectivity index (χ0n) is 22.6. The number of hydrazone groups is 1. The molecule has 10 heteroatoms. The van der Waals surface area contributed by atoms with Crippen LogP contribution in [0.25, 0.3) is 5.69 Å². The van der Waals surface area contributed by atoms with E-state index in [0.717, 1.165) is 32.5 Å². The number of rotatable bonds is 9. The molecule has 0 bridgehead atoms. The van der Waals surface area contributed by atoms with Crippen molar-refractivity contribution in [2.75, 3.05) is 10.8 Å². The van der Waals surface area contributed by atoms with Gasteiger partial charge in [-0.3, -0.25) is 9.10 Å². The number of amides is 1. The molecule has 1 amide bonds. The Kier molecular flexibility index (Phi) is 9.03. The van der Waals surface area contributed by atoms with Crippen LogP contribution in [0.15, 0.2) is 88.9 Å². The molecule has 0 saturated heterocycles. The smallest absolute Gasteiger partial charge is 0.264 e. The molecule has 0 aliphatic heterocycles. The van der Waals surface area contributed by atoms with Gasteiger partial charge in [0.2, 0.25) is 0 Å². The van der Waals surface area contributed by atoms with Gasteiger partial charge >= 0.3 is 0 Å². The molecule has 1 N–H and O–H groups in total. The Labute approximate surface area is 245 Å². The van der Waals surface area contributed by atoms with Crippen molar-refractivity contribution in [3.63, 3.8) is 0 Å². The van der Waals surface area contributed by atoms with Crippen molar-refractivity contribution < 1.29 is 13.2 Å². The first kappa shape index (κ1) is 29.4. The van der Waals surface area contributed by atoms with Crippen LogP contribution in [0.2, 0.25) is 10.0 Å². The summed E-state index contributed by atoms with van der Waals surface area (Å²) >= 11 is 12.4. The van der Waals surface area contributed by atoms with Crippen molar-refractivity contribution >= 4 is 51.0 Å². The Morgan fingerprint density at radius 1 is 0.975 bits per heavy atom. The monoisotopic (exact) mass is 596 g/mol. The summed E-state index contributed by atoms with van der Waals surface area (Å²) in [6.45, 7) is 7.52. The molecule has 3 aromatic carbocycles. The molecule has 0 atom stereocenters. The van der Waals surface area contributed by atoms with Crippen molar-refractivity contribution in [2.24, 2.45) is 5.10 Å².